The highest BCUT2D eigenvalue weighted by atomic mass is 16.5. The Hall–Kier alpha value is -3.06. The van der Waals surface area contributed by atoms with Crippen LogP contribution >= 0.6 is 0 Å². The van der Waals surface area contributed by atoms with Crippen LogP contribution in [0.15, 0.2) is 54.6 Å². The Bertz CT molecular complexity index is 712. The first kappa shape index (κ1) is 15.3. The maximum absolute atomic E-state index is 11.7. The van der Waals surface area contributed by atoms with Crippen molar-refractivity contribution in [1.29, 1.82) is 5.26 Å². The molecule has 0 saturated heterocycles. The zero-order valence-corrected chi connectivity index (χ0v) is 12.2. The van der Waals surface area contributed by atoms with Crippen molar-refractivity contribution < 1.29 is 14.3 Å². The third kappa shape index (κ3) is 4.22. The van der Waals surface area contributed by atoms with Crippen molar-refractivity contribution in [1.82, 2.24) is 0 Å². The molecule has 0 aliphatic carbocycles. The van der Waals surface area contributed by atoms with Gasteiger partial charge in [-0.25, -0.2) is 4.79 Å². The molecule has 0 fully saturated rings. The van der Waals surface area contributed by atoms with Gasteiger partial charge in [-0.1, -0.05) is 30.3 Å². The number of carbonyl (C=O) groups excluding carboxylic acids is 1. The quantitative estimate of drug-likeness (QED) is 0.626. The average Bonchev–Trinajstić information content (AvgIpc) is 2.58. The second-order valence-electron chi connectivity index (χ2n) is 4.48. The maximum atomic E-state index is 11.7. The minimum Gasteiger partial charge on any atom is -0.497 e. The smallest absolute Gasteiger partial charge is 0.331 e. The lowest BCUT2D eigenvalue weighted by Gasteiger charge is -2.04. The van der Waals surface area contributed by atoms with Gasteiger partial charge in [-0.05, 0) is 29.8 Å². The van der Waals surface area contributed by atoms with Gasteiger partial charge in [0.15, 0.2) is 0 Å². The van der Waals surface area contributed by atoms with Gasteiger partial charge in [-0.3, -0.25) is 0 Å². The Balaban J connectivity index is 1.92. The van der Waals surface area contributed by atoms with Crippen molar-refractivity contribution >= 4 is 12.0 Å². The number of methoxy groups -OCH3 is 1. The van der Waals surface area contributed by atoms with E-state index in [1.807, 2.05) is 24.3 Å². The van der Waals surface area contributed by atoms with Crippen LogP contribution in [0.1, 0.15) is 16.7 Å². The Morgan fingerprint density at radius 1 is 1.18 bits per heavy atom. The number of hydrogen-bond donors (Lipinski definition) is 0. The number of benzene rings is 2. The summed E-state index contributed by atoms with van der Waals surface area (Å²) in [5.41, 5.74) is 2.07. The lowest BCUT2D eigenvalue weighted by atomic mass is 10.1. The molecular formula is C18H15NO3. The van der Waals surface area contributed by atoms with Crippen LogP contribution in [0.4, 0.5) is 0 Å². The van der Waals surface area contributed by atoms with Gasteiger partial charge in [0.05, 0.1) is 18.7 Å². The molecule has 4 nitrogen and oxygen atoms in total. The van der Waals surface area contributed by atoms with Crippen molar-refractivity contribution in [3.63, 3.8) is 0 Å². The van der Waals surface area contributed by atoms with Gasteiger partial charge >= 0.3 is 5.97 Å². The largest absolute Gasteiger partial charge is 0.497 e. The first-order chi connectivity index (χ1) is 10.7. The Kier molecular flexibility index (Phi) is 5.33. The lowest BCUT2D eigenvalue weighted by molar-refractivity contribution is -0.138. The van der Waals surface area contributed by atoms with E-state index in [1.54, 1.807) is 37.5 Å². The molecule has 0 aliphatic heterocycles. The summed E-state index contributed by atoms with van der Waals surface area (Å²) in [5.74, 6) is 0.302. The molecule has 4 heteroatoms. The minimum atomic E-state index is -0.455. The van der Waals surface area contributed by atoms with Crippen molar-refractivity contribution in [2.75, 3.05) is 7.11 Å². The lowest BCUT2D eigenvalue weighted by Crippen LogP contribution is -2.02. The first-order valence-corrected chi connectivity index (χ1v) is 6.70. The summed E-state index contributed by atoms with van der Waals surface area (Å²) in [7, 11) is 1.60. The molecule has 0 aromatic heterocycles. The SMILES string of the molecule is COc1ccc(/C=C/C(=O)OCc2ccccc2C#N)cc1. The molecule has 2 aromatic carbocycles. The van der Waals surface area contributed by atoms with Crippen molar-refractivity contribution in [2.24, 2.45) is 0 Å². The van der Waals surface area contributed by atoms with Gasteiger partial charge in [0.1, 0.15) is 12.4 Å². The molecule has 0 spiro atoms. The van der Waals surface area contributed by atoms with Crippen LogP contribution in [0.2, 0.25) is 0 Å². The van der Waals surface area contributed by atoms with E-state index in [2.05, 4.69) is 6.07 Å². The van der Waals surface area contributed by atoms with E-state index in [0.29, 0.717) is 11.1 Å². The second-order valence-corrected chi connectivity index (χ2v) is 4.48. The Labute approximate surface area is 129 Å². The van der Waals surface area contributed by atoms with E-state index in [1.165, 1.54) is 6.08 Å². The van der Waals surface area contributed by atoms with E-state index >= 15 is 0 Å². The van der Waals surface area contributed by atoms with Crippen LogP contribution in [0, 0.1) is 11.3 Å². The highest BCUT2D eigenvalue weighted by Crippen LogP contribution is 2.13. The molecule has 0 amide bonds. The number of rotatable bonds is 5. The van der Waals surface area contributed by atoms with Gasteiger partial charge < -0.3 is 9.47 Å². The molecule has 2 rings (SSSR count). The van der Waals surface area contributed by atoms with E-state index in [4.69, 9.17) is 14.7 Å². The van der Waals surface area contributed by atoms with E-state index in [9.17, 15) is 4.79 Å². The summed E-state index contributed by atoms with van der Waals surface area (Å²) >= 11 is 0. The van der Waals surface area contributed by atoms with Gasteiger partial charge in [0.2, 0.25) is 0 Å². The molecule has 110 valence electrons. The minimum absolute atomic E-state index is 0.0789. The standard InChI is InChI=1S/C18H15NO3/c1-21-17-9-6-14(7-10-17)8-11-18(20)22-13-16-5-3-2-4-15(16)12-19/h2-11H,13H2,1H3/b11-8+. The van der Waals surface area contributed by atoms with Crippen molar-refractivity contribution in [2.45, 2.75) is 6.61 Å². The van der Waals surface area contributed by atoms with Gasteiger partial charge in [0, 0.05) is 11.6 Å². The zero-order chi connectivity index (χ0) is 15.8. The fourth-order valence-corrected chi connectivity index (χ4v) is 1.83. The molecule has 0 atom stereocenters. The monoisotopic (exact) mass is 293 g/mol. The number of hydrogen-bond acceptors (Lipinski definition) is 4. The molecule has 0 bridgehead atoms. The molecule has 0 saturated carbocycles. The summed E-state index contributed by atoms with van der Waals surface area (Å²) in [4.78, 5) is 11.7. The Morgan fingerprint density at radius 3 is 2.59 bits per heavy atom. The fraction of sp³-hybridized carbons (Fsp3) is 0.111. The molecule has 0 heterocycles. The Morgan fingerprint density at radius 2 is 1.91 bits per heavy atom. The summed E-state index contributed by atoms with van der Waals surface area (Å²) < 4.78 is 10.2. The summed E-state index contributed by atoms with van der Waals surface area (Å²) in [6.45, 7) is 0.0789. The number of nitrogens with zero attached hydrogens (tertiary/aromatic N) is 1. The highest BCUT2D eigenvalue weighted by Gasteiger charge is 2.03. The summed E-state index contributed by atoms with van der Waals surface area (Å²) in [6, 6.07) is 16.4. The maximum Gasteiger partial charge on any atom is 0.331 e. The number of ether oxygens (including phenoxy) is 2. The number of esters is 1. The van der Waals surface area contributed by atoms with Crippen LogP contribution in [-0.4, -0.2) is 13.1 Å². The van der Waals surface area contributed by atoms with Crippen LogP contribution in [0.5, 0.6) is 5.75 Å². The molecule has 0 aliphatic rings. The molecule has 0 unspecified atom stereocenters. The molecular weight excluding hydrogens is 278 g/mol. The van der Waals surface area contributed by atoms with Crippen molar-refractivity contribution in [3.8, 4) is 11.8 Å². The normalized spacial score (nSPS) is 10.2. The fourth-order valence-electron chi connectivity index (χ4n) is 1.83. The predicted molar refractivity (Wildman–Crippen MR) is 83.0 cm³/mol. The van der Waals surface area contributed by atoms with Gasteiger partial charge in [-0.2, -0.15) is 5.26 Å². The third-order valence-corrected chi connectivity index (χ3v) is 3.04. The molecule has 2 aromatic rings. The molecule has 0 radical (unpaired) electrons. The van der Waals surface area contributed by atoms with Crippen LogP contribution in [0.25, 0.3) is 6.08 Å². The van der Waals surface area contributed by atoms with E-state index in [0.717, 1.165) is 11.3 Å². The second kappa shape index (κ2) is 7.65. The number of carbonyl (C=O) groups is 1. The summed E-state index contributed by atoms with van der Waals surface area (Å²) in [5, 5.41) is 8.96. The third-order valence-electron chi connectivity index (χ3n) is 3.04. The summed E-state index contributed by atoms with van der Waals surface area (Å²) in [6.07, 6.45) is 3.02. The van der Waals surface area contributed by atoms with Crippen LogP contribution in [-0.2, 0) is 16.1 Å². The highest BCUT2D eigenvalue weighted by molar-refractivity contribution is 5.87. The van der Waals surface area contributed by atoms with Crippen LogP contribution < -0.4 is 4.74 Å². The van der Waals surface area contributed by atoms with E-state index < -0.39 is 5.97 Å². The van der Waals surface area contributed by atoms with Crippen LogP contribution in [0.3, 0.4) is 0 Å². The topological polar surface area (TPSA) is 59.3 Å². The van der Waals surface area contributed by atoms with Gasteiger partial charge in [-0.15, -0.1) is 0 Å². The van der Waals surface area contributed by atoms with E-state index in [-0.39, 0.29) is 6.61 Å². The number of nitriles is 1. The predicted octanol–water partition coefficient (Wildman–Crippen LogP) is 3.32. The zero-order valence-electron chi connectivity index (χ0n) is 12.2. The molecule has 22 heavy (non-hydrogen) atoms. The van der Waals surface area contributed by atoms with Crippen molar-refractivity contribution in [3.05, 3.63) is 71.3 Å². The average molecular weight is 293 g/mol. The molecule has 0 N–H and O–H groups in total. The van der Waals surface area contributed by atoms with Gasteiger partial charge in [0.25, 0.3) is 0 Å². The first-order valence-electron chi connectivity index (χ1n) is 6.70.